The van der Waals surface area contributed by atoms with Gasteiger partial charge in [-0.25, -0.2) is 0 Å². The van der Waals surface area contributed by atoms with E-state index in [-0.39, 0.29) is 5.89 Å². The van der Waals surface area contributed by atoms with E-state index in [4.69, 9.17) is 16.1 Å². The van der Waals surface area contributed by atoms with Gasteiger partial charge in [-0.2, -0.15) is 4.98 Å². The molecule has 0 bridgehead atoms. The van der Waals surface area contributed by atoms with Crippen molar-refractivity contribution in [1.29, 1.82) is 0 Å². The van der Waals surface area contributed by atoms with Crippen LogP contribution >= 0.6 is 11.6 Å². The van der Waals surface area contributed by atoms with Crippen LogP contribution < -0.4 is 0 Å². The van der Waals surface area contributed by atoms with Crippen LogP contribution in [-0.4, -0.2) is 15.2 Å². The molecule has 5 heteroatoms. The second-order valence-corrected chi connectivity index (χ2v) is 5.04. The molecule has 0 aliphatic heterocycles. The largest absolute Gasteiger partial charge is 0.378 e. The van der Waals surface area contributed by atoms with E-state index < -0.39 is 6.10 Å². The molecule has 0 aliphatic rings. The summed E-state index contributed by atoms with van der Waals surface area (Å²) in [5.41, 5.74) is 1.63. The Morgan fingerprint density at radius 2 is 1.76 bits per heavy atom. The van der Waals surface area contributed by atoms with Crippen LogP contribution in [0.15, 0.2) is 59.1 Å². The van der Waals surface area contributed by atoms with Crippen molar-refractivity contribution in [2.75, 3.05) is 0 Å². The smallest absolute Gasteiger partial charge is 0.260 e. The fourth-order valence-electron chi connectivity index (χ4n) is 2.04. The van der Waals surface area contributed by atoms with Crippen molar-refractivity contribution < 1.29 is 9.63 Å². The summed E-state index contributed by atoms with van der Waals surface area (Å²) in [6, 6.07) is 16.7. The highest BCUT2D eigenvalue weighted by Crippen LogP contribution is 2.22. The third kappa shape index (κ3) is 3.12. The Balaban J connectivity index is 1.79. The highest BCUT2D eigenvalue weighted by Gasteiger charge is 2.18. The normalized spacial score (nSPS) is 12.3. The van der Waals surface area contributed by atoms with Gasteiger partial charge in [0.15, 0.2) is 11.9 Å². The minimum absolute atomic E-state index is 0.184. The molecule has 1 aromatic heterocycles. The van der Waals surface area contributed by atoms with Gasteiger partial charge in [-0.1, -0.05) is 65.3 Å². The van der Waals surface area contributed by atoms with Crippen LogP contribution in [0.5, 0.6) is 0 Å². The summed E-state index contributed by atoms with van der Waals surface area (Å²) in [4.78, 5) is 4.24. The molecule has 3 aromatic rings. The van der Waals surface area contributed by atoms with Crippen molar-refractivity contribution in [2.24, 2.45) is 0 Å². The van der Waals surface area contributed by atoms with Crippen molar-refractivity contribution >= 4 is 11.6 Å². The number of aliphatic hydroxyl groups excluding tert-OH is 1. The Bertz CT molecular complexity index is 728. The lowest BCUT2D eigenvalue weighted by molar-refractivity contribution is 0.170. The van der Waals surface area contributed by atoms with Crippen LogP contribution in [0, 0.1) is 0 Å². The molecule has 1 heterocycles. The Labute approximate surface area is 127 Å². The van der Waals surface area contributed by atoms with E-state index in [1.54, 1.807) is 0 Å². The Kier molecular flexibility index (Phi) is 3.99. The highest BCUT2D eigenvalue weighted by molar-refractivity contribution is 6.31. The average Bonchev–Trinajstić information content (AvgIpc) is 2.98. The zero-order valence-corrected chi connectivity index (χ0v) is 11.9. The number of aliphatic hydroxyl groups is 1. The molecule has 106 valence electrons. The lowest BCUT2D eigenvalue weighted by Gasteiger charge is -2.04. The van der Waals surface area contributed by atoms with Crippen molar-refractivity contribution in [2.45, 2.75) is 12.5 Å². The first-order valence-electron chi connectivity index (χ1n) is 6.53. The molecule has 0 aliphatic carbocycles. The summed E-state index contributed by atoms with van der Waals surface area (Å²) in [5.74, 6) is 0.677. The topological polar surface area (TPSA) is 59.2 Å². The van der Waals surface area contributed by atoms with Crippen LogP contribution in [0.3, 0.4) is 0 Å². The first kappa shape index (κ1) is 13.8. The second kappa shape index (κ2) is 6.08. The zero-order chi connectivity index (χ0) is 14.7. The molecule has 0 amide bonds. The number of benzene rings is 2. The van der Waals surface area contributed by atoms with Gasteiger partial charge >= 0.3 is 0 Å². The van der Waals surface area contributed by atoms with E-state index in [2.05, 4.69) is 10.1 Å². The highest BCUT2D eigenvalue weighted by atomic mass is 35.5. The fourth-order valence-corrected chi connectivity index (χ4v) is 2.24. The van der Waals surface area contributed by atoms with E-state index in [1.807, 2.05) is 54.6 Å². The summed E-state index contributed by atoms with van der Waals surface area (Å²) in [6.45, 7) is 0. The SMILES string of the molecule is OC(c1ccccc1)c1nc(Cc2ccccc2Cl)no1. The zero-order valence-electron chi connectivity index (χ0n) is 11.1. The van der Waals surface area contributed by atoms with Crippen LogP contribution in [0.25, 0.3) is 0 Å². The molecule has 1 N–H and O–H groups in total. The minimum Gasteiger partial charge on any atom is -0.378 e. The van der Waals surface area contributed by atoms with Gasteiger partial charge in [0.1, 0.15) is 0 Å². The lowest BCUT2D eigenvalue weighted by atomic mass is 10.1. The fraction of sp³-hybridized carbons (Fsp3) is 0.125. The van der Waals surface area contributed by atoms with Gasteiger partial charge < -0.3 is 9.63 Å². The standard InChI is InChI=1S/C16H13ClN2O2/c17-13-9-5-4-8-12(13)10-14-18-16(21-19-14)15(20)11-6-2-1-3-7-11/h1-9,15,20H,10H2. The molecule has 4 nitrogen and oxygen atoms in total. The molecule has 1 unspecified atom stereocenters. The van der Waals surface area contributed by atoms with Gasteiger partial charge in [0.2, 0.25) is 0 Å². The van der Waals surface area contributed by atoms with Crippen molar-refractivity contribution in [3.05, 3.63) is 82.5 Å². The van der Waals surface area contributed by atoms with E-state index in [0.29, 0.717) is 22.8 Å². The van der Waals surface area contributed by atoms with E-state index in [1.165, 1.54) is 0 Å². The Hall–Kier alpha value is -2.17. The Morgan fingerprint density at radius 3 is 2.52 bits per heavy atom. The summed E-state index contributed by atoms with van der Waals surface area (Å²) < 4.78 is 5.14. The second-order valence-electron chi connectivity index (χ2n) is 4.63. The number of aromatic nitrogens is 2. The summed E-state index contributed by atoms with van der Waals surface area (Å²) in [6.07, 6.45) is -0.455. The van der Waals surface area contributed by atoms with Crippen LogP contribution in [0.1, 0.15) is 28.9 Å². The maximum absolute atomic E-state index is 10.2. The number of hydrogen-bond donors (Lipinski definition) is 1. The van der Waals surface area contributed by atoms with Crippen molar-refractivity contribution in [3.8, 4) is 0 Å². The molecular formula is C16H13ClN2O2. The monoisotopic (exact) mass is 300 g/mol. The van der Waals surface area contributed by atoms with Crippen molar-refractivity contribution in [3.63, 3.8) is 0 Å². The van der Waals surface area contributed by atoms with Crippen LogP contribution in [0.4, 0.5) is 0 Å². The minimum atomic E-state index is -0.918. The third-order valence-electron chi connectivity index (χ3n) is 3.14. The van der Waals surface area contributed by atoms with Gasteiger partial charge in [-0.3, -0.25) is 0 Å². The quantitative estimate of drug-likeness (QED) is 0.802. The van der Waals surface area contributed by atoms with Crippen molar-refractivity contribution in [1.82, 2.24) is 10.1 Å². The number of nitrogens with zero attached hydrogens (tertiary/aromatic N) is 2. The van der Waals surface area contributed by atoms with Crippen LogP contribution in [-0.2, 0) is 6.42 Å². The molecule has 0 saturated carbocycles. The first-order valence-corrected chi connectivity index (χ1v) is 6.91. The summed E-state index contributed by atoms with van der Waals surface area (Å²) >= 11 is 6.10. The predicted molar refractivity (Wildman–Crippen MR) is 79.1 cm³/mol. The lowest BCUT2D eigenvalue weighted by Crippen LogP contribution is -2.00. The maximum Gasteiger partial charge on any atom is 0.260 e. The average molecular weight is 301 g/mol. The Morgan fingerprint density at radius 1 is 1.05 bits per heavy atom. The number of halogens is 1. The first-order chi connectivity index (χ1) is 10.2. The van der Waals surface area contributed by atoms with E-state index >= 15 is 0 Å². The third-order valence-corrected chi connectivity index (χ3v) is 3.51. The van der Waals surface area contributed by atoms with Gasteiger partial charge in [-0.15, -0.1) is 0 Å². The molecule has 0 fully saturated rings. The molecule has 0 spiro atoms. The van der Waals surface area contributed by atoms with Gasteiger partial charge in [-0.05, 0) is 17.2 Å². The van der Waals surface area contributed by atoms with Gasteiger partial charge in [0, 0.05) is 11.4 Å². The van der Waals surface area contributed by atoms with E-state index in [9.17, 15) is 5.11 Å². The molecule has 0 saturated heterocycles. The molecule has 0 radical (unpaired) electrons. The predicted octanol–water partition coefficient (Wildman–Crippen LogP) is 3.40. The molecule has 21 heavy (non-hydrogen) atoms. The number of hydrogen-bond acceptors (Lipinski definition) is 4. The molecule has 2 aromatic carbocycles. The summed E-state index contributed by atoms with van der Waals surface area (Å²) in [5, 5.41) is 14.8. The molecule has 1 atom stereocenters. The number of rotatable bonds is 4. The van der Waals surface area contributed by atoms with E-state index in [0.717, 1.165) is 5.56 Å². The van der Waals surface area contributed by atoms with Crippen LogP contribution in [0.2, 0.25) is 5.02 Å². The maximum atomic E-state index is 10.2. The van der Waals surface area contributed by atoms with Gasteiger partial charge in [0.25, 0.3) is 5.89 Å². The van der Waals surface area contributed by atoms with Gasteiger partial charge in [0.05, 0.1) is 0 Å². The summed E-state index contributed by atoms with van der Waals surface area (Å²) in [7, 11) is 0. The molecule has 3 rings (SSSR count). The molecular weight excluding hydrogens is 288 g/mol.